The summed E-state index contributed by atoms with van der Waals surface area (Å²) in [6.45, 7) is 3.39. The number of nitrogens with one attached hydrogen (secondary N) is 1. The van der Waals surface area contributed by atoms with Crippen LogP contribution in [0.1, 0.15) is 11.6 Å². The Morgan fingerprint density at radius 3 is 2.75 bits per heavy atom. The normalized spacial score (nSPS) is 18.0. The third kappa shape index (κ3) is 2.37. The molecule has 5 nitrogen and oxygen atoms in total. The average molecular weight is 270 g/mol. The lowest BCUT2D eigenvalue weighted by Gasteiger charge is -2.33. The molecule has 0 radical (unpaired) electrons. The summed E-state index contributed by atoms with van der Waals surface area (Å²) >= 11 is 0. The van der Waals surface area contributed by atoms with Gasteiger partial charge in [-0.05, 0) is 6.07 Å². The third-order valence-corrected chi connectivity index (χ3v) is 3.74. The molecule has 1 unspecified atom stereocenters. The van der Waals surface area contributed by atoms with Crippen molar-refractivity contribution < 1.29 is 4.79 Å². The van der Waals surface area contributed by atoms with Gasteiger partial charge in [-0.25, -0.2) is 0 Å². The van der Waals surface area contributed by atoms with Crippen molar-refractivity contribution in [1.29, 1.82) is 0 Å². The maximum Gasteiger partial charge on any atom is 0.239 e. The molecule has 1 fully saturated rings. The van der Waals surface area contributed by atoms with Gasteiger partial charge >= 0.3 is 0 Å². The molecule has 1 aliphatic rings. The fraction of sp³-hybridized carbons (Fsp3) is 0.333. The molecule has 5 heteroatoms. The predicted octanol–water partition coefficient (Wildman–Crippen LogP) is 0.666. The number of hydrogen-bond donors (Lipinski definition) is 2. The maximum absolute atomic E-state index is 12.0. The average Bonchev–Trinajstić information content (AvgIpc) is 2.48. The molecule has 0 spiro atoms. The smallest absolute Gasteiger partial charge is 0.239 e. The Kier molecular flexibility index (Phi) is 3.62. The number of amides is 1. The number of piperazine rings is 1. The Morgan fingerprint density at radius 2 is 2.00 bits per heavy atom. The number of hydrogen-bond acceptors (Lipinski definition) is 4. The number of nitrogens with two attached hydrogens (primary N) is 1. The first kappa shape index (κ1) is 13.0. The molecule has 1 aliphatic heterocycles. The first-order valence-electron chi connectivity index (χ1n) is 6.85. The van der Waals surface area contributed by atoms with E-state index in [0.29, 0.717) is 0 Å². The Bertz CT molecular complexity index is 617. The van der Waals surface area contributed by atoms with E-state index in [1.165, 1.54) is 0 Å². The van der Waals surface area contributed by atoms with Gasteiger partial charge in [0.25, 0.3) is 0 Å². The minimum absolute atomic E-state index is 0.315. The minimum atomic E-state index is -0.407. The molecule has 3 N–H and O–H groups in total. The Balaban J connectivity index is 2.07. The number of aromatic nitrogens is 1. The van der Waals surface area contributed by atoms with Gasteiger partial charge in [0.1, 0.15) is 6.04 Å². The van der Waals surface area contributed by atoms with E-state index in [2.05, 4.69) is 15.2 Å². The molecule has 0 bridgehead atoms. The van der Waals surface area contributed by atoms with Gasteiger partial charge in [0.15, 0.2) is 0 Å². The van der Waals surface area contributed by atoms with Crippen LogP contribution in [0.2, 0.25) is 0 Å². The van der Waals surface area contributed by atoms with E-state index in [0.717, 1.165) is 42.6 Å². The molecule has 2 heterocycles. The molecule has 0 saturated carbocycles. The molecule has 1 amide bonds. The van der Waals surface area contributed by atoms with Gasteiger partial charge in [-0.3, -0.25) is 14.7 Å². The van der Waals surface area contributed by atoms with E-state index >= 15 is 0 Å². The van der Waals surface area contributed by atoms with E-state index in [1.807, 2.05) is 30.3 Å². The van der Waals surface area contributed by atoms with Gasteiger partial charge in [-0.15, -0.1) is 0 Å². The largest absolute Gasteiger partial charge is 0.368 e. The molecule has 1 aromatic carbocycles. The molecular weight excluding hydrogens is 252 g/mol. The Morgan fingerprint density at radius 1 is 1.25 bits per heavy atom. The summed E-state index contributed by atoms with van der Waals surface area (Å²) in [5.74, 6) is -0.315. The highest BCUT2D eigenvalue weighted by molar-refractivity contribution is 5.89. The van der Waals surface area contributed by atoms with Crippen LogP contribution in [-0.4, -0.2) is 42.0 Å². The second-order valence-electron chi connectivity index (χ2n) is 5.01. The lowest BCUT2D eigenvalue weighted by atomic mass is 10.00. The second kappa shape index (κ2) is 5.56. The van der Waals surface area contributed by atoms with Gasteiger partial charge in [0.2, 0.25) is 5.91 Å². The van der Waals surface area contributed by atoms with Crippen molar-refractivity contribution in [2.24, 2.45) is 5.73 Å². The van der Waals surface area contributed by atoms with Crippen LogP contribution in [0.25, 0.3) is 10.9 Å². The van der Waals surface area contributed by atoms with Gasteiger partial charge < -0.3 is 11.1 Å². The number of carbonyl (C=O) groups is 1. The van der Waals surface area contributed by atoms with Crippen molar-refractivity contribution in [1.82, 2.24) is 15.2 Å². The number of rotatable bonds is 3. The quantitative estimate of drug-likeness (QED) is 0.860. The van der Waals surface area contributed by atoms with E-state index in [4.69, 9.17) is 5.73 Å². The predicted molar refractivity (Wildman–Crippen MR) is 78.1 cm³/mol. The number of primary amides is 1. The Hall–Kier alpha value is -1.98. The topological polar surface area (TPSA) is 71.2 Å². The zero-order valence-corrected chi connectivity index (χ0v) is 11.2. The minimum Gasteiger partial charge on any atom is -0.368 e. The molecule has 1 atom stereocenters. The second-order valence-corrected chi connectivity index (χ2v) is 5.01. The van der Waals surface area contributed by atoms with Crippen LogP contribution in [-0.2, 0) is 4.79 Å². The van der Waals surface area contributed by atoms with Crippen LogP contribution in [0.5, 0.6) is 0 Å². The van der Waals surface area contributed by atoms with Gasteiger partial charge in [0.05, 0.1) is 5.52 Å². The molecular formula is C15H18N4O. The van der Waals surface area contributed by atoms with Gasteiger partial charge in [-0.1, -0.05) is 24.3 Å². The number of pyridine rings is 1. The van der Waals surface area contributed by atoms with Crippen LogP contribution in [0.15, 0.2) is 36.5 Å². The fourth-order valence-electron chi connectivity index (χ4n) is 2.82. The molecule has 3 rings (SSSR count). The lowest BCUT2D eigenvalue weighted by molar-refractivity contribution is -0.123. The van der Waals surface area contributed by atoms with Crippen molar-refractivity contribution in [2.45, 2.75) is 6.04 Å². The number of carbonyl (C=O) groups excluding carboxylic acids is 1. The zero-order valence-electron chi connectivity index (χ0n) is 11.2. The van der Waals surface area contributed by atoms with E-state index < -0.39 is 6.04 Å². The van der Waals surface area contributed by atoms with Crippen molar-refractivity contribution in [3.05, 3.63) is 42.1 Å². The number of nitrogens with zero attached hydrogens (tertiary/aromatic N) is 2. The first-order valence-corrected chi connectivity index (χ1v) is 6.85. The lowest BCUT2D eigenvalue weighted by Crippen LogP contribution is -2.48. The monoisotopic (exact) mass is 270 g/mol. The van der Waals surface area contributed by atoms with Crippen molar-refractivity contribution in [3.8, 4) is 0 Å². The molecule has 104 valence electrons. The molecule has 2 aromatic rings. The highest BCUT2D eigenvalue weighted by atomic mass is 16.1. The van der Waals surface area contributed by atoms with Crippen molar-refractivity contribution in [2.75, 3.05) is 26.2 Å². The summed E-state index contributed by atoms with van der Waals surface area (Å²) in [5.41, 5.74) is 7.42. The summed E-state index contributed by atoms with van der Waals surface area (Å²) in [5, 5.41) is 4.32. The van der Waals surface area contributed by atoms with E-state index in [1.54, 1.807) is 6.20 Å². The van der Waals surface area contributed by atoms with Gasteiger partial charge in [0, 0.05) is 43.3 Å². The van der Waals surface area contributed by atoms with Crippen LogP contribution >= 0.6 is 0 Å². The van der Waals surface area contributed by atoms with Crippen LogP contribution in [0.3, 0.4) is 0 Å². The molecule has 0 aliphatic carbocycles. The van der Waals surface area contributed by atoms with Crippen LogP contribution in [0.4, 0.5) is 0 Å². The van der Waals surface area contributed by atoms with Crippen LogP contribution < -0.4 is 11.1 Å². The summed E-state index contributed by atoms with van der Waals surface area (Å²) in [6.07, 6.45) is 1.75. The summed E-state index contributed by atoms with van der Waals surface area (Å²) < 4.78 is 0. The van der Waals surface area contributed by atoms with Crippen molar-refractivity contribution in [3.63, 3.8) is 0 Å². The summed E-state index contributed by atoms with van der Waals surface area (Å²) in [6, 6.07) is 9.40. The first-order chi connectivity index (χ1) is 9.77. The van der Waals surface area contributed by atoms with E-state index in [-0.39, 0.29) is 5.91 Å². The van der Waals surface area contributed by atoms with Crippen LogP contribution in [0, 0.1) is 0 Å². The molecule has 20 heavy (non-hydrogen) atoms. The standard InChI is InChI=1S/C15H18N4O/c16-15(20)14(19-9-7-17-8-10-19)12-5-1-3-11-4-2-6-18-13(11)12/h1-6,14,17H,7-10H2,(H2,16,20). The van der Waals surface area contributed by atoms with Gasteiger partial charge in [-0.2, -0.15) is 0 Å². The highest BCUT2D eigenvalue weighted by Crippen LogP contribution is 2.27. The SMILES string of the molecule is NC(=O)C(c1cccc2cccnc12)N1CCNCC1. The van der Waals surface area contributed by atoms with Crippen molar-refractivity contribution >= 4 is 16.8 Å². The van der Waals surface area contributed by atoms with E-state index in [9.17, 15) is 4.79 Å². The fourth-order valence-corrected chi connectivity index (χ4v) is 2.82. The summed E-state index contributed by atoms with van der Waals surface area (Å²) in [4.78, 5) is 18.5. The summed E-state index contributed by atoms with van der Waals surface area (Å²) in [7, 11) is 0. The molecule has 1 aromatic heterocycles. The number of fused-ring (bicyclic) bond motifs is 1. The maximum atomic E-state index is 12.0. The number of benzene rings is 1. The third-order valence-electron chi connectivity index (χ3n) is 3.74. The number of para-hydroxylation sites is 1. The Labute approximate surface area is 117 Å². The molecule has 1 saturated heterocycles. The zero-order chi connectivity index (χ0) is 13.9. The highest BCUT2D eigenvalue weighted by Gasteiger charge is 2.28.